The van der Waals surface area contributed by atoms with Gasteiger partial charge in [-0.05, 0) is 30.3 Å². The molecule has 0 aliphatic heterocycles. The number of ether oxygens (including phenoxy) is 2. The molecular formula is C15H14FNO3. The van der Waals surface area contributed by atoms with E-state index in [1.165, 1.54) is 19.2 Å². The average Bonchev–Trinajstić information content (AvgIpc) is 2.47. The van der Waals surface area contributed by atoms with Gasteiger partial charge in [0.05, 0.1) is 14.2 Å². The highest BCUT2D eigenvalue weighted by Gasteiger charge is 2.10. The van der Waals surface area contributed by atoms with Crippen LogP contribution >= 0.6 is 0 Å². The summed E-state index contributed by atoms with van der Waals surface area (Å²) in [6, 6.07) is 11.0. The Morgan fingerprint density at radius 3 is 2.55 bits per heavy atom. The zero-order valence-corrected chi connectivity index (χ0v) is 11.1. The minimum Gasteiger partial charge on any atom is -0.497 e. The smallest absolute Gasteiger partial charge is 0.255 e. The van der Waals surface area contributed by atoms with Crippen LogP contribution in [-0.2, 0) is 0 Å². The van der Waals surface area contributed by atoms with Gasteiger partial charge in [-0.25, -0.2) is 4.39 Å². The molecule has 0 saturated carbocycles. The van der Waals surface area contributed by atoms with Crippen molar-refractivity contribution in [2.45, 2.75) is 0 Å². The lowest BCUT2D eigenvalue weighted by Gasteiger charge is -2.08. The highest BCUT2D eigenvalue weighted by Crippen LogP contribution is 2.20. The summed E-state index contributed by atoms with van der Waals surface area (Å²) in [7, 11) is 2.91. The third-order valence-corrected chi connectivity index (χ3v) is 2.74. The molecule has 2 rings (SSSR count). The molecule has 1 amide bonds. The molecule has 2 aromatic carbocycles. The van der Waals surface area contributed by atoms with Gasteiger partial charge in [0.15, 0.2) is 11.6 Å². The average molecular weight is 275 g/mol. The number of benzene rings is 2. The van der Waals surface area contributed by atoms with E-state index in [0.717, 1.165) is 6.07 Å². The lowest BCUT2D eigenvalue weighted by molar-refractivity contribution is 0.102. The van der Waals surface area contributed by atoms with Crippen molar-refractivity contribution in [2.75, 3.05) is 19.5 Å². The Kier molecular flexibility index (Phi) is 4.20. The number of hydrogen-bond acceptors (Lipinski definition) is 3. The lowest BCUT2D eigenvalue weighted by atomic mass is 10.2. The van der Waals surface area contributed by atoms with Crippen molar-refractivity contribution >= 4 is 11.6 Å². The molecule has 4 nitrogen and oxygen atoms in total. The molecule has 0 aliphatic rings. The maximum absolute atomic E-state index is 13.5. The number of halogens is 1. The minimum absolute atomic E-state index is 0.0999. The molecule has 0 aliphatic carbocycles. The maximum Gasteiger partial charge on any atom is 0.255 e. The molecular weight excluding hydrogens is 261 g/mol. The standard InChI is InChI=1S/C15H14FNO3/c1-19-12-5-3-4-11(9-12)17-15(18)10-6-7-14(20-2)13(16)8-10/h3-9H,1-2H3,(H,17,18). The fourth-order valence-corrected chi connectivity index (χ4v) is 1.71. The number of nitrogens with one attached hydrogen (secondary N) is 1. The summed E-state index contributed by atoms with van der Waals surface area (Å²) in [5.41, 5.74) is 0.789. The van der Waals surface area contributed by atoms with Gasteiger partial charge < -0.3 is 14.8 Å². The van der Waals surface area contributed by atoms with Crippen molar-refractivity contribution in [3.63, 3.8) is 0 Å². The van der Waals surface area contributed by atoms with E-state index in [1.807, 2.05) is 0 Å². The molecule has 0 radical (unpaired) electrons. The molecule has 2 aromatic rings. The molecule has 0 heterocycles. The van der Waals surface area contributed by atoms with Gasteiger partial charge >= 0.3 is 0 Å². The van der Waals surface area contributed by atoms with Crippen LogP contribution in [0.3, 0.4) is 0 Å². The zero-order valence-electron chi connectivity index (χ0n) is 11.1. The summed E-state index contributed by atoms with van der Waals surface area (Å²) in [5.74, 6) is -0.253. The summed E-state index contributed by atoms with van der Waals surface area (Å²) in [5, 5.41) is 2.67. The highest BCUT2D eigenvalue weighted by molar-refractivity contribution is 6.04. The monoisotopic (exact) mass is 275 g/mol. The second kappa shape index (κ2) is 6.06. The van der Waals surface area contributed by atoms with Crippen LogP contribution < -0.4 is 14.8 Å². The number of methoxy groups -OCH3 is 2. The minimum atomic E-state index is -0.578. The van der Waals surface area contributed by atoms with Crippen molar-refractivity contribution in [3.05, 3.63) is 53.8 Å². The largest absolute Gasteiger partial charge is 0.497 e. The molecule has 1 N–H and O–H groups in total. The van der Waals surface area contributed by atoms with Crippen molar-refractivity contribution in [2.24, 2.45) is 0 Å². The predicted octanol–water partition coefficient (Wildman–Crippen LogP) is 3.10. The third-order valence-electron chi connectivity index (χ3n) is 2.74. The van der Waals surface area contributed by atoms with E-state index in [9.17, 15) is 9.18 Å². The fourth-order valence-electron chi connectivity index (χ4n) is 1.71. The second-order valence-electron chi connectivity index (χ2n) is 4.04. The number of rotatable bonds is 4. The van der Waals surface area contributed by atoms with Gasteiger partial charge in [-0.15, -0.1) is 0 Å². The van der Waals surface area contributed by atoms with Gasteiger partial charge in [0, 0.05) is 17.3 Å². The number of amides is 1. The molecule has 0 atom stereocenters. The molecule has 0 bridgehead atoms. The van der Waals surface area contributed by atoms with Gasteiger partial charge in [0.2, 0.25) is 0 Å². The first-order valence-electron chi connectivity index (χ1n) is 5.93. The van der Waals surface area contributed by atoms with Crippen molar-refractivity contribution in [3.8, 4) is 11.5 Å². The van der Waals surface area contributed by atoms with Crippen LogP contribution in [0, 0.1) is 5.82 Å². The Morgan fingerprint density at radius 1 is 1.10 bits per heavy atom. The SMILES string of the molecule is COc1cccc(NC(=O)c2ccc(OC)c(F)c2)c1. The van der Waals surface area contributed by atoms with Gasteiger partial charge in [0.25, 0.3) is 5.91 Å². The van der Waals surface area contributed by atoms with Crippen LogP contribution in [0.25, 0.3) is 0 Å². The molecule has 0 fully saturated rings. The molecule has 5 heteroatoms. The van der Waals surface area contributed by atoms with Gasteiger partial charge in [-0.2, -0.15) is 0 Å². The summed E-state index contributed by atoms with van der Waals surface area (Å²) in [6.45, 7) is 0. The van der Waals surface area contributed by atoms with E-state index < -0.39 is 11.7 Å². The predicted molar refractivity (Wildman–Crippen MR) is 73.9 cm³/mol. The van der Waals surface area contributed by atoms with Gasteiger partial charge in [-0.1, -0.05) is 6.07 Å². The van der Waals surface area contributed by atoms with E-state index in [2.05, 4.69) is 5.32 Å². The first-order chi connectivity index (χ1) is 9.63. The Labute approximate surface area is 116 Å². The van der Waals surface area contributed by atoms with Crippen molar-refractivity contribution in [1.29, 1.82) is 0 Å². The number of carbonyl (C=O) groups excluding carboxylic acids is 1. The van der Waals surface area contributed by atoms with E-state index >= 15 is 0 Å². The van der Waals surface area contributed by atoms with E-state index in [4.69, 9.17) is 9.47 Å². The van der Waals surface area contributed by atoms with Crippen LogP contribution in [0.1, 0.15) is 10.4 Å². The second-order valence-corrected chi connectivity index (χ2v) is 4.04. The van der Waals surface area contributed by atoms with Crippen LogP contribution in [0.2, 0.25) is 0 Å². The molecule has 104 valence electrons. The van der Waals surface area contributed by atoms with E-state index in [1.54, 1.807) is 31.4 Å². The summed E-state index contributed by atoms with van der Waals surface area (Å²) < 4.78 is 23.4. The molecule has 0 unspecified atom stereocenters. The normalized spacial score (nSPS) is 9.95. The van der Waals surface area contributed by atoms with Gasteiger partial charge in [-0.3, -0.25) is 4.79 Å². The fraction of sp³-hybridized carbons (Fsp3) is 0.133. The van der Waals surface area contributed by atoms with E-state index in [-0.39, 0.29) is 11.3 Å². The zero-order chi connectivity index (χ0) is 14.5. The first kappa shape index (κ1) is 13.9. The Morgan fingerprint density at radius 2 is 1.90 bits per heavy atom. The third kappa shape index (κ3) is 3.06. The Hall–Kier alpha value is -2.56. The quantitative estimate of drug-likeness (QED) is 0.932. The van der Waals surface area contributed by atoms with Crippen LogP contribution in [0.5, 0.6) is 11.5 Å². The molecule has 0 aromatic heterocycles. The Bertz CT molecular complexity index is 628. The first-order valence-corrected chi connectivity index (χ1v) is 5.93. The summed E-state index contributed by atoms with van der Waals surface area (Å²) in [4.78, 5) is 12.0. The molecule has 0 spiro atoms. The van der Waals surface area contributed by atoms with Crippen LogP contribution in [0.4, 0.5) is 10.1 Å². The lowest BCUT2D eigenvalue weighted by Crippen LogP contribution is -2.12. The molecule has 0 saturated heterocycles. The van der Waals surface area contributed by atoms with Crippen molar-refractivity contribution < 1.29 is 18.7 Å². The van der Waals surface area contributed by atoms with E-state index in [0.29, 0.717) is 11.4 Å². The number of carbonyl (C=O) groups is 1. The Balaban J connectivity index is 2.17. The van der Waals surface area contributed by atoms with Gasteiger partial charge in [0.1, 0.15) is 5.75 Å². The highest BCUT2D eigenvalue weighted by atomic mass is 19.1. The summed E-state index contributed by atoms with van der Waals surface area (Å²) >= 11 is 0. The maximum atomic E-state index is 13.5. The summed E-state index contributed by atoms with van der Waals surface area (Å²) in [6.07, 6.45) is 0. The van der Waals surface area contributed by atoms with Crippen LogP contribution in [-0.4, -0.2) is 20.1 Å². The number of anilines is 1. The topological polar surface area (TPSA) is 47.6 Å². The van der Waals surface area contributed by atoms with Crippen LogP contribution in [0.15, 0.2) is 42.5 Å². The van der Waals surface area contributed by atoms with Crippen molar-refractivity contribution in [1.82, 2.24) is 0 Å². The number of hydrogen-bond donors (Lipinski definition) is 1. The molecule has 20 heavy (non-hydrogen) atoms.